The van der Waals surface area contributed by atoms with Crippen LogP contribution in [-0.4, -0.2) is 31.2 Å². The highest BCUT2D eigenvalue weighted by Crippen LogP contribution is 2.18. The van der Waals surface area contributed by atoms with E-state index in [9.17, 15) is 25.0 Å². The molecule has 0 radical (unpaired) electrons. The van der Waals surface area contributed by atoms with Crippen LogP contribution < -0.4 is 5.43 Å². The summed E-state index contributed by atoms with van der Waals surface area (Å²) in [5, 5.41) is 29.7. The number of nitrogens with zero attached hydrogens (tertiary/aromatic N) is 5. The van der Waals surface area contributed by atoms with Crippen molar-refractivity contribution in [3.8, 4) is 0 Å². The van der Waals surface area contributed by atoms with Gasteiger partial charge < -0.3 is 0 Å². The lowest BCUT2D eigenvalue weighted by atomic mass is 10.1. The molecular formula is C19H15BrN6O5. The van der Waals surface area contributed by atoms with Gasteiger partial charge in [0.25, 0.3) is 17.3 Å². The van der Waals surface area contributed by atoms with E-state index in [2.05, 4.69) is 31.6 Å². The zero-order valence-corrected chi connectivity index (χ0v) is 17.6. The van der Waals surface area contributed by atoms with Crippen molar-refractivity contribution >= 4 is 38.9 Å². The number of carbonyl (C=O) groups excluding carboxylic acids is 1. The van der Waals surface area contributed by atoms with E-state index in [1.54, 1.807) is 25.3 Å². The Hall–Kier alpha value is -3.93. The number of halogens is 1. The SMILES string of the molecule is CC(=NNC(=O)c1nn(Cc2ccc([N+](=O)[O-])cc2)cc1Br)c1ccc([N+](=O)[O-])cc1. The zero-order valence-electron chi connectivity index (χ0n) is 16.1. The second-order valence-corrected chi connectivity index (χ2v) is 7.24. The molecule has 1 amide bonds. The van der Waals surface area contributed by atoms with Gasteiger partial charge in [0.05, 0.1) is 26.6 Å². The molecule has 12 heteroatoms. The second-order valence-electron chi connectivity index (χ2n) is 6.39. The first-order valence-corrected chi connectivity index (χ1v) is 9.59. The molecular weight excluding hydrogens is 472 g/mol. The van der Waals surface area contributed by atoms with Gasteiger partial charge in [-0.05, 0) is 46.1 Å². The largest absolute Gasteiger partial charge is 0.293 e. The standard InChI is InChI=1S/C19H15BrN6O5/c1-12(14-4-8-16(9-5-14)26(30)31)21-22-19(27)18-17(20)11-24(23-18)10-13-2-6-15(7-3-13)25(28)29/h2-9,11H,10H2,1H3,(H,22,27). The minimum atomic E-state index is -0.546. The van der Waals surface area contributed by atoms with Crippen molar-refractivity contribution < 1.29 is 14.6 Å². The van der Waals surface area contributed by atoms with Gasteiger partial charge >= 0.3 is 0 Å². The van der Waals surface area contributed by atoms with Gasteiger partial charge in [-0.15, -0.1) is 0 Å². The Balaban J connectivity index is 1.68. The smallest absolute Gasteiger partial charge is 0.266 e. The van der Waals surface area contributed by atoms with E-state index in [0.29, 0.717) is 22.3 Å². The quantitative estimate of drug-likeness (QED) is 0.306. The number of hydrogen-bond donors (Lipinski definition) is 1. The third-order valence-electron chi connectivity index (χ3n) is 4.24. The molecule has 0 saturated heterocycles. The normalized spacial score (nSPS) is 11.2. The van der Waals surface area contributed by atoms with E-state index < -0.39 is 15.8 Å². The van der Waals surface area contributed by atoms with Crippen molar-refractivity contribution in [1.82, 2.24) is 15.2 Å². The maximum atomic E-state index is 12.4. The Morgan fingerprint density at radius 2 is 1.61 bits per heavy atom. The molecule has 0 bridgehead atoms. The van der Waals surface area contributed by atoms with Crippen molar-refractivity contribution in [2.45, 2.75) is 13.5 Å². The first-order valence-electron chi connectivity index (χ1n) is 8.80. The molecule has 158 valence electrons. The Labute approximate surface area is 183 Å². The summed E-state index contributed by atoms with van der Waals surface area (Å²) in [6.07, 6.45) is 1.61. The lowest BCUT2D eigenvalue weighted by molar-refractivity contribution is -0.385. The number of carbonyl (C=O) groups is 1. The maximum absolute atomic E-state index is 12.4. The van der Waals surface area contributed by atoms with Crippen LogP contribution in [0.2, 0.25) is 0 Å². The van der Waals surface area contributed by atoms with E-state index >= 15 is 0 Å². The summed E-state index contributed by atoms with van der Waals surface area (Å²) in [6.45, 7) is 1.97. The third kappa shape index (κ3) is 5.36. The summed E-state index contributed by atoms with van der Waals surface area (Å²) in [5.41, 5.74) is 4.33. The second kappa shape index (κ2) is 9.26. The van der Waals surface area contributed by atoms with Crippen LogP contribution in [0.15, 0.2) is 64.3 Å². The zero-order chi connectivity index (χ0) is 22.5. The van der Waals surface area contributed by atoms with Gasteiger partial charge in [-0.25, -0.2) is 5.43 Å². The molecule has 0 aliphatic heterocycles. The Kier molecular flexibility index (Phi) is 6.50. The Bertz CT molecular complexity index is 1170. The summed E-state index contributed by atoms with van der Waals surface area (Å²) in [4.78, 5) is 32.9. The van der Waals surface area contributed by atoms with Gasteiger partial charge in [-0.1, -0.05) is 12.1 Å². The van der Waals surface area contributed by atoms with Gasteiger partial charge in [0.15, 0.2) is 5.69 Å². The van der Waals surface area contributed by atoms with Crippen LogP contribution in [-0.2, 0) is 6.54 Å². The number of nitrogens with one attached hydrogen (secondary N) is 1. The first kappa shape index (κ1) is 21.8. The molecule has 0 atom stereocenters. The van der Waals surface area contributed by atoms with Crippen molar-refractivity contribution in [3.05, 3.63) is 96.2 Å². The van der Waals surface area contributed by atoms with E-state index in [1.165, 1.54) is 41.1 Å². The Morgan fingerprint density at radius 3 is 2.16 bits per heavy atom. The highest BCUT2D eigenvalue weighted by Gasteiger charge is 2.16. The highest BCUT2D eigenvalue weighted by molar-refractivity contribution is 9.10. The molecule has 0 aliphatic carbocycles. The fourth-order valence-electron chi connectivity index (χ4n) is 2.62. The van der Waals surface area contributed by atoms with E-state index in [-0.39, 0.29) is 17.1 Å². The lowest BCUT2D eigenvalue weighted by Crippen LogP contribution is -2.20. The van der Waals surface area contributed by atoms with Crippen molar-refractivity contribution in [2.75, 3.05) is 0 Å². The molecule has 1 N–H and O–H groups in total. The van der Waals surface area contributed by atoms with Gasteiger partial charge in [0.2, 0.25) is 0 Å². The first-order chi connectivity index (χ1) is 14.7. The predicted octanol–water partition coefficient (Wildman–Crippen LogP) is 3.66. The molecule has 11 nitrogen and oxygen atoms in total. The lowest BCUT2D eigenvalue weighted by Gasteiger charge is -2.03. The molecule has 0 fully saturated rings. The molecule has 3 aromatic rings. The number of non-ortho nitro benzene ring substituents is 2. The number of nitro benzene ring substituents is 2. The van der Waals surface area contributed by atoms with Crippen LogP contribution in [0.4, 0.5) is 11.4 Å². The molecule has 0 saturated carbocycles. The summed E-state index contributed by atoms with van der Waals surface area (Å²) >= 11 is 3.29. The van der Waals surface area contributed by atoms with Gasteiger partial charge in [0, 0.05) is 30.5 Å². The van der Waals surface area contributed by atoms with Crippen LogP contribution >= 0.6 is 15.9 Å². The predicted molar refractivity (Wildman–Crippen MR) is 115 cm³/mol. The molecule has 1 heterocycles. The summed E-state index contributed by atoms with van der Waals surface area (Å²) in [7, 11) is 0. The van der Waals surface area contributed by atoms with Crippen LogP contribution in [0, 0.1) is 20.2 Å². The minimum Gasteiger partial charge on any atom is -0.266 e. The summed E-state index contributed by atoms with van der Waals surface area (Å²) in [5.74, 6) is -0.546. The highest BCUT2D eigenvalue weighted by atomic mass is 79.9. The number of hydrazone groups is 1. The topological polar surface area (TPSA) is 146 Å². The Morgan fingerprint density at radius 1 is 1.06 bits per heavy atom. The number of nitro groups is 2. The number of aromatic nitrogens is 2. The van der Waals surface area contributed by atoms with Crippen LogP contribution in [0.5, 0.6) is 0 Å². The molecule has 2 aromatic carbocycles. The van der Waals surface area contributed by atoms with Crippen LogP contribution in [0.3, 0.4) is 0 Å². The summed E-state index contributed by atoms with van der Waals surface area (Å²) < 4.78 is 1.97. The number of amides is 1. The number of hydrogen-bond acceptors (Lipinski definition) is 7. The monoisotopic (exact) mass is 486 g/mol. The van der Waals surface area contributed by atoms with Crippen molar-refractivity contribution in [1.29, 1.82) is 0 Å². The van der Waals surface area contributed by atoms with Gasteiger partial charge in [-0.3, -0.25) is 29.7 Å². The average Bonchev–Trinajstić information content (AvgIpc) is 3.12. The molecule has 31 heavy (non-hydrogen) atoms. The van der Waals surface area contributed by atoms with Crippen LogP contribution in [0.1, 0.15) is 28.5 Å². The van der Waals surface area contributed by atoms with E-state index in [0.717, 1.165) is 5.56 Å². The van der Waals surface area contributed by atoms with E-state index in [1.807, 2.05) is 0 Å². The van der Waals surface area contributed by atoms with Crippen LogP contribution in [0.25, 0.3) is 0 Å². The fourth-order valence-corrected chi connectivity index (χ4v) is 3.11. The van der Waals surface area contributed by atoms with Gasteiger partial charge in [-0.2, -0.15) is 10.2 Å². The number of benzene rings is 2. The fraction of sp³-hybridized carbons (Fsp3) is 0.105. The molecule has 0 spiro atoms. The van der Waals surface area contributed by atoms with Crippen molar-refractivity contribution in [2.24, 2.45) is 5.10 Å². The van der Waals surface area contributed by atoms with Crippen molar-refractivity contribution in [3.63, 3.8) is 0 Å². The average molecular weight is 487 g/mol. The minimum absolute atomic E-state index is 0.00767. The molecule has 0 unspecified atom stereocenters. The molecule has 3 rings (SSSR count). The number of rotatable bonds is 7. The summed E-state index contributed by atoms with van der Waals surface area (Å²) in [6, 6.07) is 11.8. The maximum Gasteiger partial charge on any atom is 0.293 e. The molecule has 0 aliphatic rings. The van der Waals surface area contributed by atoms with Gasteiger partial charge in [0.1, 0.15) is 0 Å². The third-order valence-corrected chi connectivity index (χ3v) is 4.83. The molecule has 1 aromatic heterocycles. The van der Waals surface area contributed by atoms with E-state index in [4.69, 9.17) is 0 Å².